The number of anilines is 1. The number of carbonyl (C=O) groups is 1. The quantitative estimate of drug-likeness (QED) is 0.453. The molecule has 0 spiro atoms. The molecule has 0 aliphatic rings. The normalized spacial score (nSPS) is 11.2. The van der Waals surface area contributed by atoms with Crippen LogP contribution in [0.1, 0.15) is 27.3 Å². The number of carbonyl (C=O) groups excluding carboxylic acids is 1. The first kappa shape index (κ1) is 22.8. The molecule has 1 heterocycles. The smallest absolute Gasteiger partial charge is 0.258 e. The van der Waals surface area contributed by atoms with Crippen molar-refractivity contribution in [2.75, 3.05) is 19.5 Å². The average molecular weight is 439 g/mol. The number of amides is 1. The predicted molar refractivity (Wildman–Crippen MR) is 121 cm³/mol. The number of aryl methyl sites for hydroxylation is 2. The first-order valence-electron chi connectivity index (χ1n) is 9.92. The largest absolute Gasteiger partial charge is 0.493 e. The lowest BCUT2D eigenvalue weighted by atomic mass is 10.2. The van der Waals surface area contributed by atoms with Crippen LogP contribution in [0.15, 0.2) is 47.5 Å². The summed E-state index contributed by atoms with van der Waals surface area (Å²) in [4.78, 5) is 17.5. The van der Waals surface area contributed by atoms with E-state index < -0.39 is 0 Å². The van der Waals surface area contributed by atoms with Crippen LogP contribution in [0.5, 0.6) is 11.5 Å². The first-order valence-corrected chi connectivity index (χ1v) is 9.92. The molecule has 9 heteroatoms. The van der Waals surface area contributed by atoms with Crippen molar-refractivity contribution in [1.82, 2.24) is 15.1 Å². The Morgan fingerprint density at radius 3 is 2.38 bits per heavy atom. The fourth-order valence-corrected chi connectivity index (χ4v) is 3.14. The number of guanidine groups is 1. The van der Waals surface area contributed by atoms with Gasteiger partial charge in [-0.2, -0.15) is 5.10 Å². The molecule has 168 valence electrons. The fraction of sp³-hybridized carbons (Fsp3) is 0.261. The summed E-state index contributed by atoms with van der Waals surface area (Å²) in [6, 6.07) is 10.6. The van der Waals surface area contributed by atoms with Gasteiger partial charge in [0.2, 0.25) is 5.96 Å². The van der Waals surface area contributed by atoms with Gasteiger partial charge in [0.05, 0.1) is 26.5 Å². The Hall–Kier alpha value is -3.88. The summed E-state index contributed by atoms with van der Waals surface area (Å²) in [7, 11) is 4.89. The van der Waals surface area contributed by atoms with Crippen LogP contribution in [-0.2, 0) is 13.6 Å². The summed E-state index contributed by atoms with van der Waals surface area (Å²) >= 11 is 0. The number of aromatic nitrogens is 2. The number of hydrogen-bond donors (Lipinski definition) is 2. The number of methoxy groups -OCH3 is 2. The highest BCUT2D eigenvalue weighted by Crippen LogP contribution is 2.27. The SMILES string of the molecule is COc1ccc(C(=O)NC(=NCc2c(C)nn(C)c2C)Nc2ccc(F)cc2)cc1OC. The molecule has 0 saturated heterocycles. The van der Waals surface area contributed by atoms with Crippen LogP contribution in [0.25, 0.3) is 0 Å². The van der Waals surface area contributed by atoms with Gasteiger partial charge in [-0.1, -0.05) is 0 Å². The zero-order valence-electron chi connectivity index (χ0n) is 18.7. The lowest BCUT2D eigenvalue weighted by Gasteiger charge is -2.13. The third-order valence-electron chi connectivity index (χ3n) is 5.04. The molecule has 8 nitrogen and oxygen atoms in total. The molecule has 2 N–H and O–H groups in total. The molecule has 0 aliphatic heterocycles. The summed E-state index contributed by atoms with van der Waals surface area (Å²) in [5.74, 6) is 0.430. The third kappa shape index (κ3) is 5.23. The van der Waals surface area contributed by atoms with Gasteiger partial charge in [-0.05, 0) is 56.3 Å². The van der Waals surface area contributed by atoms with E-state index in [9.17, 15) is 9.18 Å². The molecule has 1 aromatic heterocycles. The molecular formula is C23H26FN5O3. The number of benzene rings is 2. The Bertz CT molecular complexity index is 1140. The zero-order valence-corrected chi connectivity index (χ0v) is 18.7. The molecule has 0 aliphatic carbocycles. The van der Waals surface area contributed by atoms with Crippen molar-refractivity contribution in [2.45, 2.75) is 20.4 Å². The van der Waals surface area contributed by atoms with Gasteiger partial charge in [-0.15, -0.1) is 0 Å². The van der Waals surface area contributed by atoms with Crippen molar-refractivity contribution in [1.29, 1.82) is 0 Å². The van der Waals surface area contributed by atoms with Crippen molar-refractivity contribution >= 4 is 17.6 Å². The van der Waals surface area contributed by atoms with Crippen LogP contribution < -0.4 is 20.1 Å². The number of nitrogens with zero attached hydrogens (tertiary/aromatic N) is 3. The minimum Gasteiger partial charge on any atom is -0.493 e. The maximum absolute atomic E-state index is 13.3. The standard InChI is InChI=1S/C23H26FN5O3/c1-14-19(15(2)29(3)28-14)13-25-23(26-18-9-7-17(24)8-10-18)27-22(30)16-6-11-20(31-4)21(12-16)32-5/h6-12H,13H2,1-5H3,(H2,25,26,27,30). The van der Waals surface area contributed by atoms with Gasteiger partial charge in [0, 0.05) is 29.6 Å². The van der Waals surface area contributed by atoms with Gasteiger partial charge in [0.25, 0.3) is 5.91 Å². The lowest BCUT2D eigenvalue weighted by molar-refractivity contribution is 0.0976. The van der Waals surface area contributed by atoms with E-state index in [0.717, 1.165) is 17.0 Å². The van der Waals surface area contributed by atoms with Gasteiger partial charge in [0.15, 0.2) is 11.5 Å². The number of ether oxygens (including phenoxy) is 2. The van der Waals surface area contributed by atoms with E-state index in [1.165, 1.54) is 26.4 Å². The van der Waals surface area contributed by atoms with E-state index >= 15 is 0 Å². The van der Waals surface area contributed by atoms with Gasteiger partial charge in [0.1, 0.15) is 5.82 Å². The van der Waals surface area contributed by atoms with Crippen LogP contribution in [0, 0.1) is 19.7 Å². The Morgan fingerprint density at radius 2 is 1.78 bits per heavy atom. The molecule has 0 unspecified atom stereocenters. The zero-order chi connectivity index (χ0) is 23.3. The highest BCUT2D eigenvalue weighted by atomic mass is 19.1. The molecule has 3 aromatic rings. The highest BCUT2D eigenvalue weighted by Gasteiger charge is 2.14. The summed E-state index contributed by atoms with van der Waals surface area (Å²) in [5, 5.41) is 10.2. The molecule has 1 amide bonds. The molecule has 32 heavy (non-hydrogen) atoms. The first-order chi connectivity index (χ1) is 15.3. The number of rotatable bonds is 6. The molecule has 3 rings (SSSR count). The second kappa shape index (κ2) is 9.95. The number of halogens is 1. The van der Waals surface area contributed by atoms with Crippen LogP contribution in [0.4, 0.5) is 10.1 Å². The maximum Gasteiger partial charge on any atom is 0.258 e. The Morgan fingerprint density at radius 1 is 1.09 bits per heavy atom. The van der Waals surface area contributed by atoms with Gasteiger partial charge in [-0.25, -0.2) is 9.38 Å². The van der Waals surface area contributed by atoms with E-state index in [1.807, 2.05) is 20.9 Å². The summed E-state index contributed by atoms with van der Waals surface area (Å²) < 4.78 is 25.6. The number of nitrogens with one attached hydrogen (secondary N) is 2. The monoisotopic (exact) mass is 439 g/mol. The number of hydrogen-bond acceptors (Lipinski definition) is 5. The lowest BCUT2D eigenvalue weighted by Crippen LogP contribution is -2.36. The van der Waals surface area contributed by atoms with Crippen LogP contribution in [-0.4, -0.2) is 35.9 Å². The van der Waals surface area contributed by atoms with Crippen molar-refractivity contribution in [3.05, 3.63) is 70.8 Å². The summed E-state index contributed by atoms with van der Waals surface area (Å²) in [6.07, 6.45) is 0. The molecule has 0 atom stereocenters. The molecule has 0 fully saturated rings. The van der Waals surface area contributed by atoms with Gasteiger partial charge < -0.3 is 14.8 Å². The Balaban J connectivity index is 1.87. The van der Waals surface area contributed by atoms with Gasteiger partial charge in [-0.3, -0.25) is 14.8 Å². The summed E-state index contributed by atoms with van der Waals surface area (Å²) in [5.41, 5.74) is 3.76. The number of aliphatic imine (C=N–C) groups is 1. The van der Waals surface area contributed by atoms with Crippen molar-refractivity contribution in [3.8, 4) is 11.5 Å². The van der Waals surface area contributed by atoms with E-state index in [2.05, 4.69) is 20.7 Å². The highest BCUT2D eigenvalue weighted by molar-refractivity contribution is 6.10. The van der Waals surface area contributed by atoms with Crippen molar-refractivity contribution < 1.29 is 18.7 Å². The minimum absolute atomic E-state index is 0.221. The van der Waals surface area contributed by atoms with Crippen molar-refractivity contribution in [2.24, 2.45) is 12.0 Å². The molecule has 2 aromatic carbocycles. The van der Waals surface area contributed by atoms with Crippen molar-refractivity contribution in [3.63, 3.8) is 0 Å². The maximum atomic E-state index is 13.3. The Labute approximate surface area is 186 Å². The molecular weight excluding hydrogens is 413 g/mol. The third-order valence-corrected chi connectivity index (χ3v) is 5.04. The van der Waals surface area contributed by atoms with E-state index in [-0.39, 0.29) is 17.7 Å². The topological polar surface area (TPSA) is 89.8 Å². The van der Waals surface area contributed by atoms with E-state index in [0.29, 0.717) is 29.3 Å². The molecule has 0 saturated carbocycles. The fourth-order valence-electron chi connectivity index (χ4n) is 3.14. The average Bonchev–Trinajstić information content (AvgIpc) is 3.03. The Kier molecular flexibility index (Phi) is 7.09. The summed E-state index contributed by atoms with van der Waals surface area (Å²) in [6.45, 7) is 4.18. The van der Waals surface area contributed by atoms with Crippen LogP contribution in [0.3, 0.4) is 0 Å². The van der Waals surface area contributed by atoms with Gasteiger partial charge >= 0.3 is 0 Å². The predicted octanol–water partition coefficient (Wildman–Crippen LogP) is 3.59. The minimum atomic E-state index is -0.390. The second-order valence-corrected chi connectivity index (χ2v) is 7.09. The van der Waals surface area contributed by atoms with Crippen LogP contribution >= 0.6 is 0 Å². The molecule has 0 radical (unpaired) electrons. The van der Waals surface area contributed by atoms with E-state index in [1.54, 1.807) is 35.0 Å². The van der Waals surface area contributed by atoms with E-state index in [4.69, 9.17) is 9.47 Å². The second-order valence-electron chi connectivity index (χ2n) is 7.09. The molecule has 0 bridgehead atoms. The van der Waals surface area contributed by atoms with Crippen LogP contribution in [0.2, 0.25) is 0 Å².